The summed E-state index contributed by atoms with van der Waals surface area (Å²) in [5, 5.41) is 11.3. The summed E-state index contributed by atoms with van der Waals surface area (Å²) in [5.74, 6) is 0. The van der Waals surface area contributed by atoms with Crippen molar-refractivity contribution in [1.82, 2.24) is 15.1 Å². The summed E-state index contributed by atoms with van der Waals surface area (Å²) in [6.45, 7) is 7.80. The summed E-state index contributed by atoms with van der Waals surface area (Å²) in [5.41, 5.74) is 4.66. The van der Waals surface area contributed by atoms with Crippen molar-refractivity contribution in [2.75, 3.05) is 5.32 Å². The summed E-state index contributed by atoms with van der Waals surface area (Å²) in [6, 6.07) is 8.22. The smallest absolute Gasteiger partial charge is 0.171 e. The monoisotopic (exact) mass is 288 g/mol. The van der Waals surface area contributed by atoms with Gasteiger partial charge in [-0.15, -0.1) is 0 Å². The molecule has 0 saturated carbocycles. The first kappa shape index (κ1) is 14.5. The molecule has 0 fully saturated rings. The molecule has 4 nitrogen and oxygen atoms in total. The van der Waals surface area contributed by atoms with Gasteiger partial charge >= 0.3 is 0 Å². The summed E-state index contributed by atoms with van der Waals surface area (Å²) in [4.78, 5) is 0. The Kier molecular flexibility index (Phi) is 4.74. The Labute approximate surface area is 125 Å². The van der Waals surface area contributed by atoms with Crippen LogP contribution in [0.1, 0.15) is 23.7 Å². The Bertz CT molecular complexity index is 604. The van der Waals surface area contributed by atoms with Gasteiger partial charge in [-0.05, 0) is 62.3 Å². The Morgan fingerprint density at radius 3 is 2.75 bits per heavy atom. The van der Waals surface area contributed by atoms with Crippen molar-refractivity contribution in [2.24, 2.45) is 0 Å². The number of aryl methyl sites for hydroxylation is 3. The summed E-state index contributed by atoms with van der Waals surface area (Å²) in [6.07, 6.45) is 1.81. The van der Waals surface area contributed by atoms with Crippen LogP contribution < -0.4 is 10.6 Å². The fourth-order valence-electron chi connectivity index (χ4n) is 1.96. The van der Waals surface area contributed by atoms with Gasteiger partial charge in [0.2, 0.25) is 0 Å². The molecule has 1 aromatic carbocycles. The molecular weight excluding hydrogens is 268 g/mol. The number of anilines is 1. The fourth-order valence-corrected chi connectivity index (χ4v) is 2.15. The molecule has 0 atom stereocenters. The predicted octanol–water partition coefficient (Wildman–Crippen LogP) is 3.01. The van der Waals surface area contributed by atoms with E-state index in [0.29, 0.717) is 11.7 Å². The lowest BCUT2D eigenvalue weighted by Crippen LogP contribution is -2.28. The molecule has 0 saturated heterocycles. The topological polar surface area (TPSA) is 41.9 Å². The highest BCUT2D eigenvalue weighted by Crippen LogP contribution is 2.14. The zero-order chi connectivity index (χ0) is 14.5. The number of aromatic nitrogens is 2. The van der Waals surface area contributed by atoms with Gasteiger partial charge in [-0.1, -0.05) is 6.07 Å². The van der Waals surface area contributed by atoms with Crippen molar-refractivity contribution in [3.63, 3.8) is 0 Å². The average molecular weight is 288 g/mol. The van der Waals surface area contributed by atoms with E-state index in [1.807, 2.05) is 16.8 Å². The highest BCUT2D eigenvalue weighted by atomic mass is 32.1. The maximum Gasteiger partial charge on any atom is 0.171 e. The first-order chi connectivity index (χ1) is 9.60. The van der Waals surface area contributed by atoms with Crippen LogP contribution in [0.2, 0.25) is 0 Å². The first-order valence-electron chi connectivity index (χ1n) is 6.73. The molecule has 0 spiro atoms. The van der Waals surface area contributed by atoms with E-state index in [9.17, 15) is 0 Å². The Balaban J connectivity index is 1.91. The lowest BCUT2D eigenvalue weighted by molar-refractivity contribution is 0.614. The number of hydrogen-bond acceptors (Lipinski definition) is 2. The minimum absolute atomic E-state index is 0.622. The lowest BCUT2D eigenvalue weighted by Gasteiger charge is -2.12. The minimum Gasteiger partial charge on any atom is -0.357 e. The van der Waals surface area contributed by atoms with Crippen molar-refractivity contribution in [3.8, 4) is 0 Å². The van der Waals surface area contributed by atoms with Gasteiger partial charge in [0.05, 0.1) is 12.2 Å². The van der Waals surface area contributed by atoms with Gasteiger partial charge in [-0.2, -0.15) is 5.10 Å². The number of rotatable bonds is 4. The second-order valence-electron chi connectivity index (χ2n) is 4.75. The van der Waals surface area contributed by atoms with Crippen LogP contribution in [0.4, 0.5) is 5.69 Å². The zero-order valence-electron chi connectivity index (χ0n) is 12.1. The maximum absolute atomic E-state index is 5.31. The third-order valence-electron chi connectivity index (χ3n) is 3.30. The van der Waals surface area contributed by atoms with Crippen molar-refractivity contribution in [3.05, 3.63) is 47.3 Å². The third-order valence-corrected chi connectivity index (χ3v) is 3.55. The van der Waals surface area contributed by atoms with Crippen LogP contribution in [0, 0.1) is 13.8 Å². The molecule has 2 aromatic rings. The highest BCUT2D eigenvalue weighted by molar-refractivity contribution is 7.80. The summed E-state index contributed by atoms with van der Waals surface area (Å²) in [7, 11) is 0. The van der Waals surface area contributed by atoms with Gasteiger partial charge in [0.1, 0.15) is 0 Å². The number of hydrogen-bond donors (Lipinski definition) is 2. The Morgan fingerprint density at radius 2 is 2.05 bits per heavy atom. The van der Waals surface area contributed by atoms with Gasteiger partial charge in [-0.3, -0.25) is 4.68 Å². The molecule has 1 heterocycles. The van der Waals surface area contributed by atoms with Crippen LogP contribution in [0.15, 0.2) is 30.5 Å². The molecule has 0 amide bonds. The SMILES string of the molecule is CCn1nccc1CNC(=S)Nc1ccc(C)c(C)c1. The Hall–Kier alpha value is -1.88. The molecule has 5 heteroatoms. The van der Waals surface area contributed by atoms with E-state index < -0.39 is 0 Å². The van der Waals surface area contributed by atoms with Crippen molar-refractivity contribution >= 4 is 23.0 Å². The van der Waals surface area contributed by atoms with Gasteiger partial charge < -0.3 is 10.6 Å². The van der Waals surface area contributed by atoms with E-state index >= 15 is 0 Å². The molecule has 0 radical (unpaired) electrons. The highest BCUT2D eigenvalue weighted by Gasteiger charge is 2.03. The van der Waals surface area contributed by atoms with Crippen molar-refractivity contribution < 1.29 is 0 Å². The van der Waals surface area contributed by atoms with E-state index in [1.54, 1.807) is 6.20 Å². The molecule has 2 rings (SSSR count). The van der Waals surface area contributed by atoms with Crippen LogP contribution in [-0.2, 0) is 13.1 Å². The van der Waals surface area contributed by atoms with Gasteiger partial charge in [0.15, 0.2) is 5.11 Å². The van der Waals surface area contributed by atoms with E-state index in [4.69, 9.17) is 12.2 Å². The van der Waals surface area contributed by atoms with Gasteiger partial charge in [0, 0.05) is 18.4 Å². The van der Waals surface area contributed by atoms with Crippen LogP contribution in [0.25, 0.3) is 0 Å². The number of benzene rings is 1. The number of nitrogens with zero attached hydrogens (tertiary/aromatic N) is 2. The van der Waals surface area contributed by atoms with E-state index in [-0.39, 0.29) is 0 Å². The lowest BCUT2D eigenvalue weighted by atomic mass is 10.1. The van der Waals surface area contributed by atoms with E-state index in [1.165, 1.54) is 11.1 Å². The fraction of sp³-hybridized carbons (Fsp3) is 0.333. The van der Waals surface area contributed by atoms with Gasteiger partial charge in [0.25, 0.3) is 0 Å². The predicted molar refractivity (Wildman–Crippen MR) is 86.9 cm³/mol. The van der Waals surface area contributed by atoms with Crippen LogP contribution >= 0.6 is 12.2 Å². The van der Waals surface area contributed by atoms with E-state index in [0.717, 1.165) is 17.9 Å². The standard InChI is InChI=1S/C15H20N4S/c1-4-19-14(7-8-17-19)10-16-15(20)18-13-6-5-11(2)12(3)9-13/h5-9H,4,10H2,1-3H3,(H2,16,18,20). The minimum atomic E-state index is 0.622. The molecule has 1 aromatic heterocycles. The van der Waals surface area contributed by atoms with Crippen LogP contribution in [0.5, 0.6) is 0 Å². The van der Waals surface area contributed by atoms with Gasteiger partial charge in [-0.25, -0.2) is 0 Å². The largest absolute Gasteiger partial charge is 0.357 e. The van der Waals surface area contributed by atoms with Crippen LogP contribution in [-0.4, -0.2) is 14.9 Å². The van der Waals surface area contributed by atoms with Crippen molar-refractivity contribution in [1.29, 1.82) is 0 Å². The molecule has 106 valence electrons. The second-order valence-corrected chi connectivity index (χ2v) is 5.15. The normalized spacial score (nSPS) is 10.3. The zero-order valence-corrected chi connectivity index (χ0v) is 12.9. The van der Waals surface area contributed by atoms with Crippen LogP contribution in [0.3, 0.4) is 0 Å². The van der Waals surface area contributed by atoms with E-state index in [2.05, 4.69) is 48.6 Å². The molecule has 0 bridgehead atoms. The number of thiocarbonyl (C=S) groups is 1. The maximum atomic E-state index is 5.31. The molecule has 0 unspecified atom stereocenters. The summed E-state index contributed by atoms with van der Waals surface area (Å²) >= 11 is 5.31. The molecule has 0 aliphatic carbocycles. The first-order valence-corrected chi connectivity index (χ1v) is 7.13. The molecule has 0 aliphatic rings. The average Bonchev–Trinajstić information content (AvgIpc) is 2.88. The number of nitrogens with one attached hydrogen (secondary N) is 2. The second kappa shape index (κ2) is 6.52. The third kappa shape index (κ3) is 3.57. The Morgan fingerprint density at radius 1 is 1.25 bits per heavy atom. The molecular formula is C15H20N4S. The summed E-state index contributed by atoms with van der Waals surface area (Å²) < 4.78 is 1.95. The van der Waals surface area contributed by atoms with Crippen molar-refractivity contribution in [2.45, 2.75) is 33.9 Å². The molecule has 20 heavy (non-hydrogen) atoms. The molecule has 2 N–H and O–H groups in total. The molecule has 0 aliphatic heterocycles. The quantitative estimate of drug-likeness (QED) is 0.849.